The van der Waals surface area contributed by atoms with Crippen molar-refractivity contribution in [3.8, 4) is 56.2 Å². The molecule has 4 heterocycles. The Morgan fingerprint density at radius 3 is 1.10 bits per heavy atom. The molecule has 0 radical (unpaired) electrons. The first-order valence-corrected chi connectivity index (χ1v) is 20.3. The van der Waals surface area contributed by atoms with Crippen molar-refractivity contribution in [1.29, 1.82) is 0 Å². The van der Waals surface area contributed by atoms with E-state index in [0.29, 0.717) is 71.0 Å². The highest BCUT2D eigenvalue weighted by Gasteiger charge is 2.29. The molecule has 0 aliphatic heterocycles. The van der Waals surface area contributed by atoms with E-state index in [1.807, 2.05) is 146 Å². The zero-order valence-electron chi connectivity index (χ0n) is 32.8. The molecule has 0 spiro atoms. The van der Waals surface area contributed by atoms with Crippen molar-refractivity contribution in [1.82, 2.24) is 19.9 Å². The van der Waals surface area contributed by atoms with Crippen molar-refractivity contribution in [2.75, 3.05) is 0 Å². The second kappa shape index (κ2) is 15.9. The van der Waals surface area contributed by atoms with Crippen LogP contribution in [0.1, 0.15) is 56.3 Å². The minimum Gasteiger partial charge on any atom is -0.287 e. The lowest BCUT2D eigenvalue weighted by Gasteiger charge is -2.22. The summed E-state index contributed by atoms with van der Waals surface area (Å²) in [5.41, 5.74) is 14.6. The monoisotopic (exact) mass is 774 g/mol. The van der Waals surface area contributed by atoms with E-state index in [1.165, 1.54) is 0 Å². The third kappa shape index (κ3) is 7.20. The van der Waals surface area contributed by atoms with Crippen LogP contribution in [0.3, 0.4) is 0 Å². The summed E-state index contributed by atoms with van der Waals surface area (Å²) in [7, 11) is 0. The van der Waals surface area contributed by atoms with Gasteiger partial charge in [0.15, 0.2) is 0 Å². The van der Waals surface area contributed by atoms with Gasteiger partial charge >= 0.3 is 0 Å². The first-order valence-electron chi connectivity index (χ1n) is 20.3. The molecule has 0 fully saturated rings. The van der Waals surface area contributed by atoms with Crippen LogP contribution in [0, 0.1) is 0 Å². The van der Waals surface area contributed by atoms with Crippen LogP contribution >= 0.6 is 0 Å². The standard InChI is InChI=1S/C54H38N4O2/c59-53-39(27-29-43-45(35-15-5-1-6-16-35)33-49(57-51(43)53)37-19-9-3-10-20-37)31-41-23-13-25-47(55-41)48-26-14-24-42(56-48)32-40-28-30-44-46(36-17-7-2-8-18-36)34-50(58-52(44)54(40)60)38-21-11-4-12-22-38/h1-26,31-34H,27-30H2/b39-31+,40-32+. The van der Waals surface area contributed by atoms with Crippen molar-refractivity contribution < 1.29 is 9.59 Å². The van der Waals surface area contributed by atoms with Gasteiger partial charge in [0, 0.05) is 22.3 Å². The van der Waals surface area contributed by atoms with E-state index < -0.39 is 0 Å². The van der Waals surface area contributed by atoms with Gasteiger partial charge in [0.2, 0.25) is 11.6 Å². The molecule has 4 aromatic carbocycles. The number of benzene rings is 4. The predicted molar refractivity (Wildman–Crippen MR) is 239 cm³/mol. The van der Waals surface area contributed by atoms with Crippen LogP contribution in [0.5, 0.6) is 0 Å². The van der Waals surface area contributed by atoms with Gasteiger partial charge < -0.3 is 0 Å². The molecule has 0 saturated carbocycles. The van der Waals surface area contributed by atoms with Crippen LogP contribution in [-0.2, 0) is 12.8 Å². The molecule has 0 N–H and O–H groups in total. The molecule has 0 amide bonds. The zero-order valence-corrected chi connectivity index (χ0v) is 32.8. The Kier molecular flexibility index (Phi) is 9.72. The van der Waals surface area contributed by atoms with Gasteiger partial charge in [0.1, 0.15) is 11.4 Å². The predicted octanol–water partition coefficient (Wildman–Crippen LogP) is 12.0. The average Bonchev–Trinajstić information content (AvgIpc) is 3.31. The van der Waals surface area contributed by atoms with Crippen LogP contribution < -0.4 is 0 Å². The fraction of sp³-hybridized carbons (Fsp3) is 0.0741. The van der Waals surface area contributed by atoms with E-state index in [0.717, 1.165) is 55.9 Å². The minimum absolute atomic E-state index is 0.0786. The highest BCUT2D eigenvalue weighted by molar-refractivity contribution is 6.14. The average molecular weight is 775 g/mol. The van der Waals surface area contributed by atoms with E-state index in [4.69, 9.17) is 19.9 Å². The van der Waals surface area contributed by atoms with Crippen LogP contribution in [-0.4, -0.2) is 31.5 Å². The fourth-order valence-electron chi connectivity index (χ4n) is 8.32. The molecular formula is C54H38N4O2. The maximum Gasteiger partial charge on any atom is 0.207 e. The van der Waals surface area contributed by atoms with E-state index in [2.05, 4.69) is 36.4 Å². The third-order valence-corrected chi connectivity index (χ3v) is 11.3. The molecule has 6 heteroatoms. The number of fused-ring (bicyclic) bond motifs is 2. The summed E-state index contributed by atoms with van der Waals surface area (Å²) in [6.07, 6.45) is 6.32. The molecule has 8 aromatic rings. The maximum atomic E-state index is 14.3. The molecule has 10 rings (SSSR count). The lowest BCUT2D eigenvalue weighted by molar-refractivity contribution is 0.101. The second-order valence-electron chi connectivity index (χ2n) is 15.1. The summed E-state index contributed by atoms with van der Waals surface area (Å²) in [5.74, 6) is -0.157. The lowest BCUT2D eigenvalue weighted by Crippen LogP contribution is -2.18. The maximum absolute atomic E-state index is 14.3. The number of hydrogen-bond acceptors (Lipinski definition) is 6. The van der Waals surface area contributed by atoms with Gasteiger partial charge in [-0.25, -0.2) is 19.9 Å². The molecule has 0 unspecified atom stereocenters. The Bertz CT molecular complexity index is 2790. The van der Waals surface area contributed by atoms with E-state index in [9.17, 15) is 9.59 Å². The van der Waals surface area contributed by atoms with Crippen molar-refractivity contribution in [3.63, 3.8) is 0 Å². The molecule has 2 aliphatic carbocycles. The quantitative estimate of drug-likeness (QED) is 0.150. The molecule has 6 nitrogen and oxygen atoms in total. The van der Waals surface area contributed by atoms with Gasteiger partial charge in [-0.15, -0.1) is 0 Å². The zero-order chi connectivity index (χ0) is 40.4. The molecular weight excluding hydrogens is 737 g/mol. The van der Waals surface area contributed by atoms with Gasteiger partial charge in [-0.05, 0) is 108 Å². The Labute approximate surface area is 348 Å². The number of pyridine rings is 4. The topological polar surface area (TPSA) is 85.7 Å². The highest BCUT2D eigenvalue weighted by atomic mass is 16.1. The smallest absolute Gasteiger partial charge is 0.207 e. The summed E-state index contributed by atoms with van der Waals surface area (Å²) >= 11 is 0. The molecule has 286 valence electrons. The first kappa shape index (κ1) is 36.6. The van der Waals surface area contributed by atoms with E-state index >= 15 is 0 Å². The van der Waals surface area contributed by atoms with Crippen molar-refractivity contribution in [2.45, 2.75) is 25.7 Å². The number of carbonyl (C=O) groups excluding carboxylic acids is 2. The summed E-state index contributed by atoms with van der Waals surface area (Å²) in [6.45, 7) is 0. The van der Waals surface area contributed by atoms with Crippen LogP contribution in [0.15, 0.2) is 181 Å². The number of carbonyl (C=O) groups is 2. The molecule has 0 atom stereocenters. The Balaban J connectivity index is 0.951. The van der Waals surface area contributed by atoms with Gasteiger partial charge in [0.25, 0.3) is 0 Å². The van der Waals surface area contributed by atoms with E-state index in [-0.39, 0.29) is 11.6 Å². The van der Waals surface area contributed by atoms with Crippen LogP contribution in [0.25, 0.3) is 68.3 Å². The van der Waals surface area contributed by atoms with Gasteiger partial charge in [-0.1, -0.05) is 133 Å². The minimum atomic E-state index is -0.0786. The molecule has 0 saturated heterocycles. The number of hydrogen-bond donors (Lipinski definition) is 0. The number of aromatic nitrogens is 4. The molecule has 2 aliphatic rings. The summed E-state index contributed by atoms with van der Waals surface area (Å²) in [6, 6.07) is 56.2. The van der Waals surface area contributed by atoms with Gasteiger partial charge in [0.05, 0.1) is 34.2 Å². The molecule has 4 aromatic heterocycles. The lowest BCUT2D eigenvalue weighted by atomic mass is 9.84. The Morgan fingerprint density at radius 1 is 0.350 bits per heavy atom. The summed E-state index contributed by atoms with van der Waals surface area (Å²) in [5, 5.41) is 0. The molecule has 0 bridgehead atoms. The van der Waals surface area contributed by atoms with Crippen molar-refractivity contribution in [3.05, 3.63) is 215 Å². The number of allylic oxidation sites excluding steroid dienone is 2. The third-order valence-electron chi connectivity index (χ3n) is 11.3. The van der Waals surface area contributed by atoms with Crippen LogP contribution in [0.4, 0.5) is 0 Å². The highest BCUT2D eigenvalue weighted by Crippen LogP contribution is 2.38. The summed E-state index contributed by atoms with van der Waals surface area (Å²) in [4.78, 5) is 48.4. The van der Waals surface area contributed by atoms with E-state index in [1.54, 1.807) is 0 Å². The van der Waals surface area contributed by atoms with Gasteiger partial charge in [-0.3, -0.25) is 9.59 Å². The Hall–Kier alpha value is -7.70. The number of Topliss-reactive ketones (excluding diaryl/α,β-unsaturated/α-hetero) is 2. The SMILES string of the molecule is O=C1/C(=C/c2cccc(-c3cccc(/C=C4\CCc5c(-c6ccccc6)cc(-c6ccccc6)nc5C4=O)n3)n2)CCc2c(-c3ccccc3)cc(-c3ccccc3)nc21. The van der Waals surface area contributed by atoms with Crippen molar-refractivity contribution in [2.24, 2.45) is 0 Å². The first-order chi connectivity index (χ1) is 29.6. The largest absolute Gasteiger partial charge is 0.287 e. The fourth-order valence-corrected chi connectivity index (χ4v) is 8.32. The molecule has 60 heavy (non-hydrogen) atoms. The normalized spacial score (nSPS) is 14.9. The van der Waals surface area contributed by atoms with Gasteiger partial charge in [-0.2, -0.15) is 0 Å². The number of rotatable bonds is 7. The summed E-state index contributed by atoms with van der Waals surface area (Å²) < 4.78 is 0. The van der Waals surface area contributed by atoms with Crippen molar-refractivity contribution >= 4 is 23.7 Å². The number of ketones is 2. The second-order valence-corrected chi connectivity index (χ2v) is 15.1. The number of nitrogens with zero attached hydrogens (tertiary/aromatic N) is 4. The Morgan fingerprint density at radius 2 is 0.717 bits per heavy atom. The van der Waals surface area contributed by atoms with Crippen LogP contribution in [0.2, 0.25) is 0 Å².